The lowest BCUT2D eigenvalue weighted by molar-refractivity contribution is 0.0905. The van der Waals surface area contributed by atoms with Gasteiger partial charge >= 0.3 is 0 Å². The van der Waals surface area contributed by atoms with Crippen molar-refractivity contribution in [3.05, 3.63) is 100 Å². The van der Waals surface area contributed by atoms with Crippen LogP contribution in [-0.4, -0.2) is 101 Å². The summed E-state index contributed by atoms with van der Waals surface area (Å²) in [5.41, 5.74) is 6.23. The maximum Gasteiger partial charge on any atom is 0.254 e. The molecule has 1 saturated heterocycles. The van der Waals surface area contributed by atoms with Gasteiger partial charge in [-0.3, -0.25) is 13.9 Å². The molecule has 14 heteroatoms. The zero-order chi connectivity index (χ0) is 39.1. The number of hydrogen-bond donors (Lipinski definition) is 3. The Labute approximate surface area is 325 Å². The van der Waals surface area contributed by atoms with Crippen LogP contribution in [-0.2, 0) is 13.1 Å². The summed E-state index contributed by atoms with van der Waals surface area (Å²) in [6, 6.07) is 17.7. The van der Waals surface area contributed by atoms with Crippen LogP contribution in [0, 0.1) is 13.8 Å². The highest BCUT2D eigenvalue weighted by Gasteiger charge is 2.38. The molecule has 3 N–H and O–H groups in total. The van der Waals surface area contributed by atoms with Crippen LogP contribution in [0.3, 0.4) is 0 Å². The number of hydrogen-bond acceptors (Lipinski definition) is 11. The van der Waals surface area contributed by atoms with Crippen molar-refractivity contribution >= 4 is 33.7 Å². The number of aryl methyl sites for hydroxylation is 3. The molecule has 0 saturated carbocycles. The van der Waals surface area contributed by atoms with Crippen molar-refractivity contribution in [3.8, 4) is 5.75 Å². The summed E-state index contributed by atoms with van der Waals surface area (Å²) >= 11 is 0. The van der Waals surface area contributed by atoms with Gasteiger partial charge in [-0.1, -0.05) is 48.5 Å². The number of piperazine rings is 1. The summed E-state index contributed by atoms with van der Waals surface area (Å²) in [6.07, 6.45) is 3.71. The van der Waals surface area contributed by atoms with Gasteiger partial charge in [-0.25, -0.2) is 14.6 Å². The summed E-state index contributed by atoms with van der Waals surface area (Å²) in [4.78, 5) is 28.0. The second-order valence-electron chi connectivity index (χ2n) is 15.3. The molecule has 2 aliphatic heterocycles. The highest BCUT2D eigenvalue weighted by Crippen LogP contribution is 2.57. The minimum Gasteiger partial charge on any atom is -0.487 e. The number of para-hydroxylation sites is 1. The zero-order valence-corrected chi connectivity index (χ0v) is 33.7. The number of nitrogens with one attached hydrogen (secondary N) is 1. The molecule has 0 bridgehead atoms. The van der Waals surface area contributed by atoms with Crippen LogP contribution in [0.5, 0.6) is 5.75 Å². The third-order valence-corrected chi connectivity index (χ3v) is 13.1. The normalized spacial score (nSPS) is 19.0. The summed E-state index contributed by atoms with van der Waals surface area (Å²) in [7, 11) is -1.26. The highest BCUT2D eigenvalue weighted by atomic mass is 32.3. The number of amides is 1. The smallest absolute Gasteiger partial charge is 0.254 e. The van der Waals surface area contributed by atoms with Gasteiger partial charge in [0.1, 0.15) is 22.3 Å². The lowest BCUT2D eigenvalue weighted by Crippen LogP contribution is -2.48. The summed E-state index contributed by atoms with van der Waals surface area (Å²) in [5.74, 6) is 0.518. The van der Waals surface area contributed by atoms with Gasteiger partial charge < -0.3 is 19.9 Å². The first-order valence-electron chi connectivity index (χ1n) is 19.1. The first-order valence-corrected chi connectivity index (χ1v) is 20.6. The SMILES string of the molecule is CCC1CN(Cc2cc([C@@H](c3ccc4c(nnn4CC)c3C)C(C)(C)NC(=O)c3cnc(N4CCN(C)CC4)nc3)ccc2C)S(O)(O)c2ccccc2O1. The van der Waals surface area contributed by atoms with Crippen molar-refractivity contribution in [1.82, 2.24) is 39.5 Å². The van der Waals surface area contributed by atoms with Crippen LogP contribution in [0.2, 0.25) is 0 Å². The van der Waals surface area contributed by atoms with Gasteiger partial charge in [0.25, 0.3) is 5.91 Å². The monoisotopic (exact) mass is 767 g/mol. The van der Waals surface area contributed by atoms with E-state index < -0.39 is 16.3 Å². The Morgan fingerprint density at radius 3 is 2.45 bits per heavy atom. The Bertz CT molecular complexity index is 2170. The Morgan fingerprint density at radius 1 is 1.02 bits per heavy atom. The number of fused-ring (bicyclic) bond motifs is 2. The fourth-order valence-corrected chi connectivity index (χ4v) is 9.44. The molecule has 2 aromatic heterocycles. The van der Waals surface area contributed by atoms with Crippen LogP contribution in [0.1, 0.15) is 78.2 Å². The van der Waals surface area contributed by atoms with Gasteiger partial charge in [-0.05, 0) is 94.1 Å². The Kier molecular flexibility index (Phi) is 10.9. The predicted octanol–water partition coefficient (Wildman–Crippen LogP) is 6.65. The average Bonchev–Trinajstić information content (AvgIpc) is 3.56. The van der Waals surface area contributed by atoms with E-state index in [0.717, 1.165) is 65.0 Å². The first-order chi connectivity index (χ1) is 26.3. The Balaban J connectivity index is 1.25. The molecule has 55 heavy (non-hydrogen) atoms. The van der Waals surface area contributed by atoms with E-state index in [2.05, 4.69) is 79.7 Å². The highest BCUT2D eigenvalue weighted by molar-refractivity contribution is 8.22. The lowest BCUT2D eigenvalue weighted by Gasteiger charge is -2.42. The number of carbonyl (C=O) groups is 1. The lowest BCUT2D eigenvalue weighted by atomic mass is 9.74. The van der Waals surface area contributed by atoms with Crippen LogP contribution < -0.4 is 15.0 Å². The van der Waals surface area contributed by atoms with Crippen molar-refractivity contribution < 1.29 is 18.6 Å². The summed E-state index contributed by atoms with van der Waals surface area (Å²) < 4.78 is 33.5. The molecular weight excluding hydrogens is 715 g/mol. The van der Waals surface area contributed by atoms with Gasteiger partial charge in [-0.2, -0.15) is 4.31 Å². The average molecular weight is 768 g/mol. The molecule has 1 unspecified atom stereocenters. The maximum atomic E-state index is 14.0. The van der Waals surface area contributed by atoms with Crippen LogP contribution in [0.15, 0.2) is 71.9 Å². The Hall–Kier alpha value is -4.60. The molecule has 1 amide bonds. The van der Waals surface area contributed by atoms with Gasteiger partial charge in [0.2, 0.25) is 5.95 Å². The first kappa shape index (κ1) is 38.7. The van der Waals surface area contributed by atoms with E-state index in [9.17, 15) is 13.9 Å². The van der Waals surface area contributed by atoms with Crippen molar-refractivity contribution in [2.75, 3.05) is 44.7 Å². The summed E-state index contributed by atoms with van der Waals surface area (Å²) in [5, 5.41) is 12.3. The number of carbonyl (C=O) groups excluding carboxylic acids is 1. The van der Waals surface area contributed by atoms with E-state index in [1.807, 2.05) is 45.4 Å². The molecule has 292 valence electrons. The van der Waals surface area contributed by atoms with E-state index in [0.29, 0.717) is 41.7 Å². The van der Waals surface area contributed by atoms with E-state index >= 15 is 0 Å². The molecular formula is C41H53N9O4S. The molecule has 1 fully saturated rings. The number of rotatable bonds is 10. The standard InChI is InChI=1S/C41H53N9O4S/c1-8-32-26-49(55(52,53)36-13-11-10-12-35(36)54-32)25-30-22-29(15-14-27(30)3)37(33-16-17-34-38(28(33)4)45-46-50(34)9-2)41(5,6)44-39(51)31-23-42-40(43-24-31)48-20-18-47(7)19-21-48/h10-17,22-24,32,37,52-53H,8-9,18-21,25-26H2,1-7H3,(H,44,51)/t32?,37-/m0/s1. The van der Waals surface area contributed by atoms with E-state index in [4.69, 9.17) is 4.74 Å². The van der Waals surface area contributed by atoms with Gasteiger partial charge in [-0.15, -0.1) is 15.9 Å². The van der Waals surface area contributed by atoms with Crippen molar-refractivity contribution in [3.63, 3.8) is 0 Å². The van der Waals surface area contributed by atoms with E-state index in [1.165, 1.54) is 0 Å². The van der Waals surface area contributed by atoms with Gasteiger partial charge in [0.15, 0.2) is 0 Å². The van der Waals surface area contributed by atoms with Crippen LogP contribution in [0.4, 0.5) is 5.95 Å². The van der Waals surface area contributed by atoms with Crippen molar-refractivity contribution in [2.24, 2.45) is 0 Å². The third kappa shape index (κ3) is 7.66. The molecule has 4 heterocycles. The molecule has 3 aromatic carbocycles. The number of likely N-dealkylation sites (N-methyl/N-ethyl adjacent to an activating group) is 1. The predicted molar refractivity (Wildman–Crippen MR) is 217 cm³/mol. The second-order valence-corrected chi connectivity index (χ2v) is 17.3. The third-order valence-electron chi connectivity index (χ3n) is 11.2. The maximum absolute atomic E-state index is 14.0. The number of aromatic nitrogens is 5. The minimum absolute atomic E-state index is 0.217. The zero-order valence-electron chi connectivity index (χ0n) is 32.9. The molecule has 0 spiro atoms. The fraction of sp³-hybridized carbons (Fsp3) is 0.439. The van der Waals surface area contributed by atoms with E-state index in [1.54, 1.807) is 34.9 Å². The number of nitrogens with zero attached hydrogens (tertiary/aromatic N) is 8. The number of benzene rings is 3. The quantitative estimate of drug-likeness (QED) is 0.141. The molecule has 0 aliphatic carbocycles. The molecule has 2 atom stereocenters. The van der Waals surface area contributed by atoms with E-state index in [-0.39, 0.29) is 24.5 Å². The molecule has 0 radical (unpaired) electrons. The van der Waals surface area contributed by atoms with Crippen LogP contribution in [0.25, 0.3) is 11.0 Å². The number of anilines is 1. The Morgan fingerprint density at radius 2 is 1.75 bits per heavy atom. The molecule has 13 nitrogen and oxygen atoms in total. The van der Waals surface area contributed by atoms with Gasteiger partial charge in [0, 0.05) is 63.1 Å². The topological polar surface area (TPSA) is 145 Å². The molecule has 2 aliphatic rings. The van der Waals surface area contributed by atoms with Crippen molar-refractivity contribution in [2.45, 2.75) is 83.5 Å². The summed E-state index contributed by atoms with van der Waals surface area (Å²) in [6.45, 7) is 17.1. The van der Waals surface area contributed by atoms with Gasteiger partial charge in [0.05, 0.1) is 17.6 Å². The van der Waals surface area contributed by atoms with Crippen LogP contribution >= 0.6 is 10.8 Å². The molecule has 5 aromatic rings. The molecule has 7 rings (SSSR count). The second kappa shape index (κ2) is 15.5. The minimum atomic E-state index is -3.36. The van der Waals surface area contributed by atoms with Crippen molar-refractivity contribution in [1.29, 1.82) is 0 Å². The fourth-order valence-electron chi connectivity index (χ4n) is 7.82. The largest absolute Gasteiger partial charge is 0.487 e. The number of ether oxygens (including phenoxy) is 1.